The molecule has 0 spiro atoms. The van der Waals surface area contributed by atoms with Gasteiger partial charge in [0.15, 0.2) is 0 Å². The zero-order chi connectivity index (χ0) is 23.3. The first kappa shape index (κ1) is 24.7. The van der Waals surface area contributed by atoms with Gasteiger partial charge in [-0.15, -0.1) is 0 Å². The highest BCUT2D eigenvalue weighted by molar-refractivity contribution is 7.89. The normalized spacial score (nSPS) is 20.2. The second-order valence-electron chi connectivity index (χ2n) is 8.59. The zero-order valence-corrected chi connectivity index (χ0v) is 20.1. The third kappa shape index (κ3) is 6.10. The van der Waals surface area contributed by atoms with Crippen LogP contribution in [0.5, 0.6) is 0 Å². The quantitative estimate of drug-likeness (QED) is 0.594. The first-order valence-electron chi connectivity index (χ1n) is 11.0. The second kappa shape index (κ2) is 10.8. The fourth-order valence-corrected chi connectivity index (χ4v) is 6.00. The molecule has 0 radical (unpaired) electrons. The number of nitrogens with zero attached hydrogens (tertiary/aromatic N) is 1. The molecule has 0 heterocycles. The van der Waals surface area contributed by atoms with E-state index in [0.29, 0.717) is 10.6 Å². The van der Waals surface area contributed by atoms with E-state index in [1.165, 1.54) is 0 Å². The molecule has 32 heavy (non-hydrogen) atoms. The van der Waals surface area contributed by atoms with Gasteiger partial charge in [0.25, 0.3) is 5.91 Å². The average Bonchev–Trinajstić information content (AvgIpc) is 2.77. The van der Waals surface area contributed by atoms with Crippen molar-refractivity contribution < 1.29 is 18.3 Å². The summed E-state index contributed by atoms with van der Waals surface area (Å²) in [4.78, 5) is 12.4. The summed E-state index contributed by atoms with van der Waals surface area (Å²) >= 11 is 5.97. The van der Waals surface area contributed by atoms with Crippen LogP contribution in [0.1, 0.15) is 55.5 Å². The number of hydrogen-bond acceptors (Lipinski definition) is 4. The Bertz CT molecular complexity index is 1010. The highest BCUT2D eigenvalue weighted by Gasteiger charge is 2.36. The van der Waals surface area contributed by atoms with E-state index in [9.17, 15) is 18.3 Å². The molecule has 2 aromatic carbocycles. The van der Waals surface area contributed by atoms with Crippen molar-refractivity contribution in [2.24, 2.45) is 5.92 Å². The summed E-state index contributed by atoms with van der Waals surface area (Å²) in [6, 6.07) is 13.1. The predicted octanol–water partition coefficient (Wildman–Crippen LogP) is 4.22. The standard InChI is InChI=1S/C24H31ClN2O4S/c1-17-5-3-4-6-23(17)27(32(30,31)22-13-11-21(25)12-14-22)16-19-7-9-20(10-8-19)24(29)26-15-18(2)28/h7-14,17-18,23,28H,3-6,15-16H2,1-2H3,(H,26,29)/t17?,18-,23?/m0/s1. The van der Waals surface area contributed by atoms with Gasteiger partial charge in [-0.25, -0.2) is 8.42 Å². The summed E-state index contributed by atoms with van der Waals surface area (Å²) in [6.45, 7) is 4.12. The first-order valence-corrected chi connectivity index (χ1v) is 12.8. The molecule has 6 nitrogen and oxygen atoms in total. The summed E-state index contributed by atoms with van der Waals surface area (Å²) in [7, 11) is -3.73. The van der Waals surface area contributed by atoms with Crippen LogP contribution in [0.4, 0.5) is 0 Å². The average molecular weight is 479 g/mol. The van der Waals surface area contributed by atoms with Crippen LogP contribution in [0.15, 0.2) is 53.4 Å². The number of carbonyl (C=O) groups excluding carboxylic acids is 1. The van der Waals surface area contributed by atoms with Gasteiger partial charge in [0.2, 0.25) is 10.0 Å². The van der Waals surface area contributed by atoms with Gasteiger partial charge in [-0.2, -0.15) is 4.31 Å². The lowest BCUT2D eigenvalue weighted by Gasteiger charge is -2.37. The van der Waals surface area contributed by atoms with Gasteiger partial charge < -0.3 is 10.4 Å². The summed E-state index contributed by atoms with van der Waals surface area (Å²) in [5.41, 5.74) is 1.28. The number of sulfonamides is 1. The van der Waals surface area contributed by atoms with E-state index in [1.54, 1.807) is 59.8 Å². The molecule has 2 aromatic rings. The molecule has 3 rings (SSSR count). The maximum absolute atomic E-state index is 13.6. The number of amides is 1. The fourth-order valence-electron chi connectivity index (χ4n) is 4.13. The number of aliphatic hydroxyl groups excluding tert-OH is 1. The maximum atomic E-state index is 13.6. The Balaban J connectivity index is 1.86. The van der Waals surface area contributed by atoms with Gasteiger partial charge in [0.1, 0.15) is 0 Å². The van der Waals surface area contributed by atoms with Crippen molar-refractivity contribution in [3.05, 3.63) is 64.7 Å². The number of aliphatic hydroxyl groups is 1. The smallest absolute Gasteiger partial charge is 0.251 e. The van der Waals surface area contributed by atoms with Crippen molar-refractivity contribution in [1.29, 1.82) is 0 Å². The minimum Gasteiger partial charge on any atom is -0.392 e. The van der Waals surface area contributed by atoms with E-state index in [4.69, 9.17) is 11.6 Å². The Kier molecular flexibility index (Phi) is 8.33. The Morgan fingerprint density at radius 3 is 2.34 bits per heavy atom. The van der Waals surface area contributed by atoms with Gasteiger partial charge >= 0.3 is 0 Å². The van der Waals surface area contributed by atoms with E-state index in [1.807, 2.05) is 0 Å². The summed E-state index contributed by atoms with van der Waals surface area (Å²) in [5.74, 6) is -0.0136. The third-order valence-corrected chi connectivity index (χ3v) is 8.11. The Morgan fingerprint density at radius 2 is 1.75 bits per heavy atom. The van der Waals surface area contributed by atoms with E-state index in [2.05, 4.69) is 12.2 Å². The molecule has 8 heteroatoms. The molecular weight excluding hydrogens is 448 g/mol. The molecule has 1 fully saturated rings. The van der Waals surface area contributed by atoms with Crippen molar-refractivity contribution in [3.8, 4) is 0 Å². The monoisotopic (exact) mass is 478 g/mol. The molecule has 0 aliphatic heterocycles. The van der Waals surface area contributed by atoms with Crippen LogP contribution in [0.25, 0.3) is 0 Å². The molecule has 1 amide bonds. The van der Waals surface area contributed by atoms with E-state index < -0.39 is 16.1 Å². The summed E-state index contributed by atoms with van der Waals surface area (Å²) < 4.78 is 28.8. The Morgan fingerprint density at radius 1 is 1.12 bits per heavy atom. The SMILES string of the molecule is CC1CCCCC1N(Cc1ccc(C(=O)NC[C@H](C)O)cc1)S(=O)(=O)c1ccc(Cl)cc1. The number of rotatable bonds is 8. The molecule has 1 aliphatic carbocycles. The Labute approximate surface area is 195 Å². The van der Waals surface area contributed by atoms with Gasteiger partial charge in [0, 0.05) is 29.7 Å². The molecule has 2 unspecified atom stereocenters. The molecule has 0 bridgehead atoms. The van der Waals surface area contributed by atoms with E-state index in [0.717, 1.165) is 31.2 Å². The predicted molar refractivity (Wildman–Crippen MR) is 126 cm³/mol. The minimum atomic E-state index is -3.73. The Hall–Kier alpha value is -1.93. The van der Waals surface area contributed by atoms with Crippen molar-refractivity contribution >= 4 is 27.5 Å². The van der Waals surface area contributed by atoms with Crippen LogP contribution in [0.3, 0.4) is 0 Å². The van der Waals surface area contributed by atoms with Crippen LogP contribution in [0, 0.1) is 5.92 Å². The lowest BCUT2D eigenvalue weighted by atomic mass is 9.86. The molecular formula is C24H31ClN2O4S. The van der Waals surface area contributed by atoms with E-state index >= 15 is 0 Å². The minimum absolute atomic E-state index is 0.0848. The number of halogens is 1. The molecule has 1 saturated carbocycles. The number of hydrogen-bond donors (Lipinski definition) is 2. The molecule has 2 N–H and O–H groups in total. The lowest BCUT2D eigenvalue weighted by molar-refractivity contribution is 0.0924. The van der Waals surface area contributed by atoms with Crippen molar-refractivity contribution in [2.75, 3.05) is 6.54 Å². The first-order chi connectivity index (χ1) is 15.2. The van der Waals surface area contributed by atoms with Gasteiger partial charge in [-0.1, -0.05) is 43.5 Å². The number of carbonyl (C=O) groups is 1. The van der Waals surface area contributed by atoms with Crippen molar-refractivity contribution in [2.45, 2.75) is 63.1 Å². The van der Waals surface area contributed by atoms with E-state index in [-0.39, 0.29) is 35.9 Å². The summed E-state index contributed by atoms with van der Waals surface area (Å²) in [6.07, 6.45) is 3.32. The molecule has 1 aliphatic rings. The maximum Gasteiger partial charge on any atom is 0.251 e. The van der Waals surface area contributed by atoms with Crippen molar-refractivity contribution in [1.82, 2.24) is 9.62 Å². The van der Waals surface area contributed by atoms with Crippen molar-refractivity contribution in [3.63, 3.8) is 0 Å². The second-order valence-corrected chi connectivity index (χ2v) is 10.9. The lowest BCUT2D eigenvalue weighted by Crippen LogP contribution is -2.44. The highest BCUT2D eigenvalue weighted by Crippen LogP contribution is 2.33. The highest BCUT2D eigenvalue weighted by atomic mass is 35.5. The largest absolute Gasteiger partial charge is 0.392 e. The van der Waals surface area contributed by atoms with Crippen LogP contribution in [0.2, 0.25) is 5.02 Å². The molecule has 174 valence electrons. The summed E-state index contributed by atoms with van der Waals surface area (Å²) in [5, 5.41) is 12.5. The third-order valence-electron chi connectivity index (χ3n) is 5.97. The topological polar surface area (TPSA) is 86.7 Å². The zero-order valence-electron chi connectivity index (χ0n) is 18.5. The van der Waals surface area contributed by atoms with Gasteiger partial charge in [-0.3, -0.25) is 4.79 Å². The van der Waals surface area contributed by atoms with Crippen LogP contribution >= 0.6 is 11.6 Å². The number of nitrogens with one attached hydrogen (secondary N) is 1. The molecule has 0 aromatic heterocycles. The van der Waals surface area contributed by atoms with Crippen LogP contribution in [-0.2, 0) is 16.6 Å². The van der Waals surface area contributed by atoms with Crippen LogP contribution in [-0.4, -0.2) is 42.4 Å². The van der Waals surface area contributed by atoms with Crippen LogP contribution < -0.4 is 5.32 Å². The number of benzene rings is 2. The van der Waals surface area contributed by atoms with Gasteiger partial charge in [-0.05, 0) is 67.6 Å². The molecule has 3 atom stereocenters. The fraction of sp³-hybridized carbons (Fsp3) is 0.458. The molecule has 0 saturated heterocycles. The van der Waals surface area contributed by atoms with Gasteiger partial charge in [0.05, 0.1) is 11.0 Å².